The van der Waals surface area contributed by atoms with Crippen LogP contribution in [0.2, 0.25) is 0 Å². The van der Waals surface area contributed by atoms with E-state index in [0.29, 0.717) is 19.4 Å². The van der Waals surface area contributed by atoms with Gasteiger partial charge in [-0.15, -0.1) is 0 Å². The summed E-state index contributed by atoms with van der Waals surface area (Å²) in [7, 11) is 0. The summed E-state index contributed by atoms with van der Waals surface area (Å²) in [6, 6.07) is 0. The van der Waals surface area contributed by atoms with Crippen LogP contribution in [-0.4, -0.2) is 60.9 Å². The fourth-order valence-corrected chi connectivity index (χ4v) is 6.88. The Balaban J connectivity index is 3.99. The molecule has 0 bridgehead atoms. The van der Waals surface area contributed by atoms with Crippen LogP contribution >= 0.6 is 0 Å². The fraction of sp³-hybridized carbons (Fsp3) is 0.955. The molecule has 0 spiro atoms. The number of aliphatic hydroxyl groups excluding tert-OH is 1. The maximum atomic E-state index is 12.7. The largest absolute Gasteiger partial charge is 0.466 e. The average molecular weight is 710 g/mol. The molecule has 6 nitrogen and oxygen atoms in total. The molecular formula is C44H87NO5. The molecule has 0 fully saturated rings. The number of nitrogens with zero attached hydrogens (tertiary/aromatic N) is 1. The molecule has 0 heterocycles. The standard InChI is InChI=1S/C44H87NO5/c1-4-7-10-13-16-20-27-34-42(33-26-19-15-12-9-6-3)50-44(48)36-29-21-18-23-30-37-45(39-40-46)38-31-24-22-28-35-43(47)49-41-32-25-17-14-11-8-5-2/h42,46H,4-41H2,1-3H3. The van der Waals surface area contributed by atoms with Crippen molar-refractivity contribution < 1.29 is 24.2 Å². The molecule has 6 heteroatoms. The van der Waals surface area contributed by atoms with E-state index < -0.39 is 0 Å². The molecule has 0 aromatic carbocycles. The molecule has 0 rings (SSSR count). The molecule has 0 saturated carbocycles. The molecule has 0 aromatic heterocycles. The zero-order chi connectivity index (χ0) is 36.6. The normalized spacial score (nSPS) is 12.1. The number of carbonyl (C=O) groups excluding carboxylic acids is 2. The highest BCUT2D eigenvalue weighted by atomic mass is 16.5. The van der Waals surface area contributed by atoms with E-state index in [1.807, 2.05) is 0 Å². The number of rotatable bonds is 41. The highest BCUT2D eigenvalue weighted by Gasteiger charge is 2.14. The van der Waals surface area contributed by atoms with Gasteiger partial charge in [0, 0.05) is 19.4 Å². The second-order valence-corrected chi connectivity index (χ2v) is 15.2. The van der Waals surface area contributed by atoms with Crippen molar-refractivity contribution in [2.24, 2.45) is 0 Å². The SMILES string of the molecule is CCCCCCCCCOC(=O)CCCCCCN(CCO)CCCCCCCC(=O)OC(CCCCCCCC)CCCCCCCCC. The monoisotopic (exact) mass is 710 g/mol. The Bertz CT molecular complexity index is 702. The van der Waals surface area contributed by atoms with Crippen LogP contribution in [0.5, 0.6) is 0 Å². The zero-order valence-electron chi connectivity index (χ0n) is 34.0. The van der Waals surface area contributed by atoms with Crippen molar-refractivity contribution in [1.29, 1.82) is 0 Å². The van der Waals surface area contributed by atoms with E-state index in [-0.39, 0.29) is 24.6 Å². The number of hydrogen-bond donors (Lipinski definition) is 1. The quantitative estimate of drug-likeness (QED) is 0.0503. The van der Waals surface area contributed by atoms with E-state index in [9.17, 15) is 14.7 Å². The van der Waals surface area contributed by atoms with Crippen LogP contribution in [0.15, 0.2) is 0 Å². The minimum Gasteiger partial charge on any atom is -0.466 e. The number of unbranched alkanes of at least 4 members (excludes halogenated alkanes) is 24. The van der Waals surface area contributed by atoms with Gasteiger partial charge in [-0.05, 0) is 70.9 Å². The molecule has 0 amide bonds. The van der Waals surface area contributed by atoms with Gasteiger partial charge in [-0.2, -0.15) is 0 Å². The van der Waals surface area contributed by atoms with E-state index in [1.165, 1.54) is 116 Å². The van der Waals surface area contributed by atoms with E-state index in [2.05, 4.69) is 25.7 Å². The molecule has 0 aliphatic carbocycles. The first-order chi connectivity index (χ1) is 24.6. The first-order valence-corrected chi connectivity index (χ1v) is 22.3. The third-order valence-electron chi connectivity index (χ3n) is 10.2. The first kappa shape index (κ1) is 48.9. The lowest BCUT2D eigenvalue weighted by molar-refractivity contribution is -0.150. The second-order valence-electron chi connectivity index (χ2n) is 15.2. The van der Waals surface area contributed by atoms with Crippen LogP contribution in [0, 0.1) is 0 Å². The molecule has 0 saturated heterocycles. The predicted octanol–water partition coefficient (Wildman–Crippen LogP) is 12.7. The highest BCUT2D eigenvalue weighted by Crippen LogP contribution is 2.19. The molecular weight excluding hydrogens is 622 g/mol. The van der Waals surface area contributed by atoms with Gasteiger partial charge in [-0.3, -0.25) is 9.59 Å². The van der Waals surface area contributed by atoms with Gasteiger partial charge in [0.05, 0.1) is 13.2 Å². The number of esters is 2. The van der Waals surface area contributed by atoms with Crippen LogP contribution in [0.25, 0.3) is 0 Å². The zero-order valence-corrected chi connectivity index (χ0v) is 34.0. The predicted molar refractivity (Wildman–Crippen MR) is 214 cm³/mol. The Kier molecular flexibility index (Phi) is 39.7. The van der Waals surface area contributed by atoms with E-state index >= 15 is 0 Å². The topological polar surface area (TPSA) is 76.1 Å². The molecule has 0 aromatic rings. The van der Waals surface area contributed by atoms with Crippen LogP contribution in [0.3, 0.4) is 0 Å². The van der Waals surface area contributed by atoms with Crippen molar-refractivity contribution >= 4 is 11.9 Å². The molecule has 0 aliphatic heterocycles. The molecule has 298 valence electrons. The third kappa shape index (κ3) is 36.6. The van der Waals surface area contributed by atoms with Crippen molar-refractivity contribution in [2.75, 3.05) is 32.8 Å². The molecule has 50 heavy (non-hydrogen) atoms. The lowest BCUT2D eigenvalue weighted by Gasteiger charge is -2.21. The van der Waals surface area contributed by atoms with Gasteiger partial charge in [-0.25, -0.2) is 0 Å². The summed E-state index contributed by atoms with van der Waals surface area (Å²) in [5, 5.41) is 9.53. The van der Waals surface area contributed by atoms with E-state index in [0.717, 1.165) is 103 Å². The maximum Gasteiger partial charge on any atom is 0.306 e. The van der Waals surface area contributed by atoms with Crippen molar-refractivity contribution in [3.63, 3.8) is 0 Å². The summed E-state index contributed by atoms with van der Waals surface area (Å²) in [6.07, 6.45) is 38.3. The van der Waals surface area contributed by atoms with Gasteiger partial charge in [-0.1, -0.05) is 162 Å². The summed E-state index contributed by atoms with van der Waals surface area (Å²) < 4.78 is 11.4. The van der Waals surface area contributed by atoms with Crippen LogP contribution < -0.4 is 0 Å². The maximum absolute atomic E-state index is 12.7. The van der Waals surface area contributed by atoms with Crippen molar-refractivity contribution in [3.8, 4) is 0 Å². The fourth-order valence-electron chi connectivity index (χ4n) is 6.88. The first-order valence-electron chi connectivity index (χ1n) is 22.3. The summed E-state index contributed by atoms with van der Waals surface area (Å²) in [4.78, 5) is 27.1. The van der Waals surface area contributed by atoms with Gasteiger partial charge in [0.25, 0.3) is 0 Å². The Morgan fingerprint density at radius 1 is 0.460 bits per heavy atom. The van der Waals surface area contributed by atoms with Gasteiger partial charge >= 0.3 is 11.9 Å². The summed E-state index contributed by atoms with van der Waals surface area (Å²) in [5.41, 5.74) is 0. The van der Waals surface area contributed by atoms with Gasteiger partial charge in [0.15, 0.2) is 0 Å². The molecule has 0 radical (unpaired) electrons. The number of carbonyl (C=O) groups is 2. The van der Waals surface area contributed by atoms with Crippen LogP contribution in [0.4, 0.5) is 0 Å². The lowest BCUT2D eigenvalue weighted by Crippen LogP contribution is -2.29. The summed E-state index contributed by atoms with van der Waals surface area (Å²) in [6.45, 7) is 10.3. The summed E-state index contributed by atoms with van der Waals surface area (Å²) in [5.74, 6) is -0.0280. The van der Waals surface area contributed by atoms with Crippen molar-refractivity contribution in [2.45, 2.75) is 239 Å². The Morgan fingerprint density at radius 2 is 0.840 bits per heavy atom. The van der Waals surface area contributed by atoms with Crippen molar-refractivity contribution in [3.05, 3.63) is 0 Å². The Hall–Kier alpha value is -1.14. The van der Waals surface area contributed by atoms with E-state index in [4.69, 9.17) is 9.47 Å². The van der Waals surface area contributed by atoms with Crippen LogP contribution in [0.1, 0.15) is 233 Å². The summed E-state index contributed by atoms with van der Waals surface area (Å²) >= 11 is 0. The lowest BCUT2D eigenvalue weighted by atomic mass is 10.0. The Morgan fingerprint density at radius 3 is 1.30 bits per heavy atom. The minimum absolute atomic E-state index is 0.0124. The molecule has 1 N–H and O–H groups in total. The van der Waals surface area contributed by atoms with E-state index in [1.54, 1.807) is 0 Å². The molecule has 0 aliphatic rings. The smallest absolute Gasteiger partial charge is 0.306 e. The Labute approximate surface area is 312 Å². The van der Waals surface area contributed by atoms with Crippen LogP contribution in [-0.2, 0) is 19.1 Å². The minimum atomic E-state index is -0.0405. The average Bonchev–Trinajstić information content (AvgIpc) is 3.11. The van der Waals surface area contributed by atoms with Gasteiger partial charge < -0.3 is 19.5 Å². The van der Waals surface area contributed by atoms with Crippen molar-refractivity contribution in [1.82, 2.24) is 4.90 Å². The number of hydrogen-bond acceptors (Lipinski definition) is 6. The number of aliphatic hydroxyl groups is 1. The molecule has 1 atom stereocenters. The second kappa shape index (κ2) is 40.6. The third-order valence-corrected chi connectivity index (χ3v) is 10.2. The van der Waals surface area contributed by atoms with Gasteiger partial charge in [0.1, 0.15) is 6.10 Å². The molecule has 1 unspecified atom stereocenters. The van der Waals surface area contributed by atoms with Gasteiger partial charge in [0.2, 0.25) is 0 Å². The number of ether oxygens (including phenoxy) is 2. The highest BCUT2D eigenvalue weighted by molar-refractivity contribution is 5.69.